The van der Waals surface area contributed by atoms with Gasteiger partial charge < -0.3 is 4.42 Å². The molecule has 7 heteroatoms. The summed E-state index contributed by atoms with van der Waals surface area (Å²) in [4.78, 5) is 11.9. The molecule has 1 aromatic carbocycles. The van der Waals surface area contributed by atoms with Crippen LogP contribution in [-0.2, 0) is 6.18 Å². The number of carbonyl (C=O) groups excluding carboxylic acids is 1. The van der Waals surface area contributed by atoms with E-state index in [1.807, 2.05) is 0 Å². The number of alkyl halides is 3. The molecule has 0 atom stereocenters. The zero-order valence-electron chi connectivity index (χ0n) is 9.09. The summed E-state index contributed by atoms with van der Waals surface area (Å²) in [5.74, 6) is -2.22. The topological polar surface area (TPSA) is 30.2 Å². The second-order valence-corrected chi connectivity index (χ2v) is 3.97. The zero-order chi connectivity index (χ0) is 14.2. The normalized spacial score (nSPS) is 11.6. The molecule has 0 fully saturated rings. The van der Waals surface area contributed by atoms with Crippen LogP contribution >= 0.6 is 11.6 Å². The minimum absolute atomic E-state index is 0.0820. The first-order chi connectivity index (χ1) is 8.80. The van der Waals surface area contributed by atoms with Crippen LogP contribution in [0.5, 0.6) is 0 Å². The maximum absolute atomic E-state index is 13.1. The van der Waals surface area contributed by atoms with Crippen molar-refractivity contribution in [3.8, 4) is 0 Å². The van der Waals surface area contributed by atoms with Gasteiger partial charge >= 0.3 is 6.18 Å². The third-order valence-corrected chi connectivity index (χ3v) is 2.69. The van der Waals surface area contributed by atoms with Crippen LogP contribution in [0, 0.1) is 5.82 Å². The van der Waals surface area contributed by atoms with Crippen molar-refractivity contribution in [2.24, 2.45) is 0 Å². The second-order valence-electron chi connectivity index (χ2n) is 3.63. The van der Waals surface area contributed by atoms with Crippen LogP contribution in [0.3, 0.4) is 0 Å². The molecule has 2 aromatic rings. The molecule has 0 bridgehead atoms. The lowest BCUT2D eigenvalue weighted by atomic mass is 10.0. The molecule has 1 aromatic heterocycles. The minimum Gasteiger partial charge on any atom is -0.452 e. The van der Waals surface area contributed by atoms with E-state index in [2.05, 4.69) is 4.42 Å². The second kappa shape index (κ2) is 4.70. The van der Waals surface area contributed by atoms with Gasteiger partial charge in [0.2, 0.25) is 5.22 Å². The maximum Gasteiger partial charge on any atom is 0.419 e. The van der Waals surface area contributed by atoms with Gasteiger partial charge in [0.1, 0.15) is 5.82 Å². The van der Waals surface area contributed by atoms with Crippen molar-refractivity contribution in [2.75, 3.05) is 0 Å². The van der Waals surface area contributed by atoms with Crippen molar-refractivity contribution in [3.05, 3.63) is 58.3 Å². The van der Waals surface area contributed by atoms with Gasteiger partial charge in [0.15, 0.2) is 5.78 Å². The highest BCUT2D eigenvalue weighted by Gasteiger charge is 2.34. The van der Waals surface area contributed by atoms with Crippen LogP contribution in [0.25, 0.3) is 0 Å². The smallest absolute Gasteiger partial charge is 0.419 e. The molecule has 0 aliphatic rings. The summed E-state index contributed by atoms with van der Waals surface area (Å²) < 4.78 is 55.3. The molecular formula is C12H5ClF4O2. The Bertz CT molecular complexity index is 631. The largest absolute Gasteiger partial charge is 0.452 e. The van der Waals surface area contributed by atoms with Gasteiger partial charge in [0, 0.05) is 5.56 Å². The summed E-state index contributed by atoms with van der Waals surface area (Å²) in [5.41, 5.74) is -1.91. The van der Waals surface area contributed by atoms with E-state index in [4.69, 9.17) is 11.6 Å². The molecule has 2 nitrogen and oxygen atoms in total. The molecule has 0 aliphatic carbocycles. The van der Waals surface area contributed by atoms with Gasteiger partial charge in [0.05, 0.1) is 17.4 Å². The van der Waals surface area contributed by atoms with E-state index in [0.29, 0.717) is 12.1 Å². The Morgan fingerprint density at radius 1 is 1.21 bits per heavy atom. The van der Waals surface area contributed by atoms with Crippen LogP contribution < -0.4 is 0 Å². The van der Waals surface area contributed by atoms with Crippen LogP contribution in [0.1, 0.15) is 21.5 Å². The van der Waals surface area contributed by atoms with Crippen molar-refractivity contribution >= 4 is 17.4 Å². The van der Waals surface area contributed by atoms with E-state index >= 15 is 0 Å². The average Bonchev–Trinajstić information content (AvgIpc) is 2.73. The highest BCUT2D eigenvalue weighted by molar-refractivity contribution is 6.33. The maximum atomic E-state index is 13.1. The van der Waals surface area contributed by atoms with Crippen molar-refractivity contribution < 1.29 is 26.8 Å². The quantitative estimate of drug-likeness (QED) is 0.609. The Labute approximate surface area is 109 Å². The fourth-order valence-corrected chi connectivity index (χ4v) is 1.70. The van der Waals surface area contributed by atoms with Crippen LogP contribution in [-0.4, -0.2) is 5.78 Å². The lowest BCUT2D eigenvalue weighted by molar-refractivity contribution is -0.140. The first-order valence-electron chi connectivity index (χ1n) is 4.95. The number of furan rings is 1. The predicted molar refractivity (Wildman–Crippen MR) is 58.6 cm³/mol. The van der Waals surface area contributed by atoms with E-state index in [-0.39, 0.29) is 16.3 Å². The average molecular weight is 293 g/mol. The lowest BCUT2D eigenvalue weighted by Crippen LogP contribution is -2.10. The summed E-state index contributed by atoms with van der Waals surface area (Å²) in [7, 11) is 0. The van der Waals surface area contributed by atoms with Crippen molar-refractivity contribution in [1.82, 2.24) is 0 Å². The number of carbonyl (C=O) groups is 1. The molecule has 0 radical (unpaired) electrons. The fourth-order valence-electron chi connectivity index (χ4n) is 1.50. The number of halogens is 5. The molecule has 100 valence electrons. The van der Waals surface area contributed by atoms with Crippen LogP contribution in [0.4, 0.5) is 17.6 Å². The van der Waals surface area contributed by atoms with E-state index in [9.17, 15) is 22.4 Å². The highest BCUT2D eigenvalue weighted by atomic mass is 35.5. The Hall–Kier alpha value is -1.82. The zero-order valence-corrected chi connectivity index (χ0v) is 9.85. The first kappa shape index (κ1) is 13.6. The van der Waals surface area contributed by atoms with Gasteiger partial charge in [0.25, 0.3) is 0 Å². The number of benzene rings is 1. The van der Waals surface area contributed by atoms with Crippen LogP contribution in [0.2, 0.25) is 5.22 Å². The van der Waals surface area contributed by atoms with Gasteiger partial charge in [-0.25, -0.2) is 4.39 Å². The third-order valence-electron chi connectivity index (χ3n) is 2.40. The van der Waals surface area contributed by atoms with Gasteiger partial charge in [-0.1, -0.05) is 0 Å². The van der Waals surface area contributed by atoms with E-state index in [0.717, 1.165) is 12.3 Å². The summed E-state index contributed by atoms with van der Waals surface area (Å²) in [6.07, 6.45) is -3.75. The fraction of sp³-hybridized carbons (Fsp3) is 0.0833. The van der Waals surface area contributed by atoms with Crippen LogP contribution in [0.15, 0.2) is 34.9 Å². The Morgan fingerprint density at radius 2 is 1.89 bits per heavy atom. The Kier molecular flexibility index (Phi) is 3.36. The standard InChI is InChI=1S/C12H5ClF4O2/c13-11-7(3-4-19-11)10(18)6-1-2-9(14)8(5-6)12(15,16)17/h1-5H. The summed E-state index contributed by atoms with van der Waals surface area (Å²) in [6.45, 7) is 0. The molecule has 0 spiro atoms. The number of hydrogen-bond donors (Lipinski definition) is 0. The third kappa shape index (κ3) is 2.63. The lowest BCUT2D eigenvalue weighted by Gasteiger charge is -2.09. The summed E-state index contributed by atoms with van der Waals surface area (Å²) >= 11 is 5.56. The first-order valence-corrected chi connectivity index (χ1v) is 5.33. The summed E-state index contributed by atoms with van der Waals surface area (Å²) in [5, 5.41) is -0.233. The molecule has 0 unspecified atom stereocenters. The molecule has 0 aliphatic heterocycles. The molecular weight excluding hydrogens is 288 g/mol. The molecule has 1 heterocycles. The van der Waals surface area contributed by atoms with Gasteiger partial charge in [-0.2, -0.15) is 13.2 Å². The summed E-state index contributed by atoms with van der Waals surface area (Å²) in [6, 6.07) is 3.21. The van der Waals surface area contributed by atoms with Crippen molar-refractivity contribution in [1.29, 1.82) is 0 Å². The minimum atomic E-state index is -4.87. The molecule has 0 amide bonds. The highest BCUT2D eigenvalue weighted by Crippen LogP contribution is 2.32. The number of rotatable bonds is 2. The number of ketones is 1. The molecule has 0 saturated heterocycles. The van der Waals surface area contributed by atoms with Gasteiger partial charge in [-0.05, 0) is 35.9 Å². The molecule has 0 saturated carbocycles. The Balaban J connectivity index is 2.48. The Morgan fingerprint density at radius 3 is 2.42 bits per heavy atom. The molecule has 0 N–H and O–H groups in total. The van der Waals surface area contributed by atoms with E-state index in [1.165, 1.54) is 6.07 Å². The molecule has 2 rings (SSSR count). The molecule has 19 heavy (non-hydrogen) atoms. The number of hydrogen-bond acceptors (Lipinski definition) is 2. The van der Waals surface area contributed by atoms with E-state index < -0.39 is 23.3 Å². The van der Waals surface area contributed by atoms with Crippen molar-refractivity contribution in [3.63, 3.8) is 0 Å². The monoisotopic (exact) mass is 292 g/mol. The predicted octanol–water partition coefficient (Wildman–Crippen LogP) is 4.32. The van der Waals surface area contributed by atoms with E-state index in [1.54, 1.807) is 0 Å². The van der Waals surface area contributed by atoms with Crippen molar-refractivity contribution in [2.45, 2.75) is 6.18 Å². The van der Waals surface area contributed by atoms with Gasteiger partial charge in [-0.15, -0.1) is 0 Å². The van der Waals surface area contributed by atoms with Gasteiger partial charge in [-0.3, -0.25) is 4.79 Å². The SMILES string of the molecule is O=C(c1ccc(F)c(C(F)(F)F)c1)c1ccoc1Cl.